The predicted octanol–water partition coefficient (Wildman–Crippen LogP) is 3.29. The van der Waals surface area contributed by atoms with Crippen molar-refractivity contribution in [1.29, 1.82) is 0 Å². The predicted molar refractivity (Wildman–Crippen MR) is 95.3 cm³/mol. The molecule has 0 bridgehead atoms. The van der Waals surface area contributed by atoms with Crippen LogP contribution in [0.15, 0.2) is 24.3 Å². The standard InChI is InChI=1S/C20H26N2O3/c23-18(21-15-9-3-1-4-10-15)13-5-2-8-14-22-19(24)16-11-6-7-12-17(16)20(22)25/h6-7,11-12,15H,1-5,8-10,13-14H2,(H,21,23). The highest BCUT2D eigenvalue weighted by Crippen LogP contribution is 2.23. The molecule has 2 aliphatic rings. The van der Waals surface area contributed by atoms with E-state index >= 15 is 0 Å². The Morgan fingerprint density at radius 2 is 1.60 bits per heavy atom. The lowest BCUT2D eigenvalue weighted by Gasteiger charge is -2.22. The zero-order chi connectivity index (χ0) is 17.6. The molecule has 0 atom stereocenters. The van der Waals surface area contributed by atoms with Crippen molar-refractivity contribution in [3.63, 3.8) is 0 Å². The lowest BCUT2D eigenvalue weighted by molar-refractivity contribution is -0.122. The van der Waals surface area contributed by atoms with Crippen LogP contribution >= 0.6 is 0 Å². The van der Waals surface area contributed by atoms with Crippen molar-refractivity contribution >= 4 is 17.7 Å². The molecule has 1 N–H and O–H groups in total. The lowest BCUT2D eigenvalue weighted by Crippen LogP contribution is -2.36. The molecule has 1 aliphatic heterocycles. The second kappa shape index (κ2) is 8.28. The van der Waals surface area contributed by atoms with Gasteiger partial charge < -0.3 is 5.32 Å². The van der Waals surface area contributed by atoms with E-state index in [-0.39, 0.29) is 17.7 Å². The first-order valence-electron chi connectivity index (χ1n) is 9.41. The summed E-state index contributed by atoms with van der Waals surface area (Å²) in [5, 5.41) is 3.12. The smallest absolute Gasteiger partial charge is 0.261 e. The molecule has 134 valence electrons. The number of nitrogens with zero attached hydrogens (tertiary/aromatic N) is 1. The van der Waals surface area contributed by atoms with Crippen molar-refractivity contribution < 1.29 is 14.4 Å². The molecular formula is C20H26N2O3. The number of hydrogen-bond donors (Lipinski definition) is 1. The molecule has 5 heteroatoms. The summed E-state index contributed by atoms with van der Waals surface area (Å²) in [6.45, 7) is 0.427. The largest absolute Gasteiger partial charge is 0.353 e. The van der Waals surface area contributed by atoms with Gasteiger partial charge in [0.05, 0.1) is 11.1 Å². The number of benzene rings is 1. The van der Waals surface area contributed by atoms with Gasteiger partial charge in [-0.25, -0.2) is 0 Å². The normalized spacial score (nSPS) is 17.7. The van der Waals surface area contributed by atoms with Gasteiger partial charge in [-0.2, -0.15) is 0 Å². The number of rotatable bonds is 7. The van der Waals surface area contributed by atoms with Gasteiger partial charge in [-0.05, 0) is 37.8 Å². The fourth-order valence-corrected chi connectivity index (χ4v) is 3.72. The van der Waals surface area contributed by atoms with E-state index in [0.29, 0.717) is 30.1 Å². The van der Waals surface area contributed by atoms with E-state index in [4.69, 9.17) is 0 Å². The van der Waals surface area contributed by atoms with E-state index in [2.05, 4.69) is 5.32 Å². The Morgan fingerprint density at radius 3 is 2.24 bits per heavy atom. The average Bonchev–Trinajstić information content (AvgIpc) is 2.87. The number of unbranched alkanes of at least 4 members (excludes halogenated alkanes) is 2. The maximum atomic E-state index is 12.2. The van der Waals surface area contributed by atoms with Crippen LogP contribution in [0.2, 0.25) is 0 Å². The van der Waals surface area contributed by atoms with Crippen molar-refractivity contribution in [1.82, 2.24) is 10.2 Å². The van der Waals surface area contributed by atoms with Gasteiger partial charge in [0.15, 0.2) is 0 Å². The molecule has 1 saturated carbocycles. The third-order valence-electron chi connectivity index (χ3n) is 5.13. The fourth-order valence-electron chi connectivity index (χ4n) is 3.72. The topological polar surface area (TPSA) is 66.5 Å². The molecule has 0 radical (unpaired) electrons. The van der Waals surface area contributed by atoms with Gasteiger partial charge in [0.2, 0.25) is 5.91 Å². The second-order valence-corrected chi connectivity index (χ2v) is 7.02. The summed E-state index contributed by atoms with van der Waals surface area (Å²) in [7, 11) is 0. The number of carbonyl (C=O) groups is 3. The zero-order valence-electron chi connectivity index (χ0n) is 14.6. The summed E-state index contributed by atoms with van der Waals surface area (Å²) >= 11 is 0. The molecule has 1 aromatic rings. The van der Waals surface area contributed by atoms with Crippen molar-refractivity contribution in [2.24, 2.45) is 0 Å². The van der Waals surface area contributed by atoms with Gasteiger partial charge in [0, 0.05) is 19.0 Å². The molecule has 1 aromatic carbocycles. The van der Waals surface area contributed by atoms with Gasteiger partial charge in [0.25, 0.3) is 11.8 Å². The monoisotopic (exact) mass is 342 g/mol. The van der Waals surface area contributed by atoms with E-state index < -0.39 is 0 Å². The first-order chi connectivity index (χ1) is 12.2. The lowest BCUT2D eigenvalue weighted by atomic mass is 9.95. The van der Waals surface area contributed by atoms with Crippen LogP contribution < -0.4 is 5.32 Å². The first-order valence-corrected chi connectivity index (χ1v) is 9.41. The Morgan fingerprint density at radius 1 is 0.960 bits per heavy atom. The van der Waals surface area contributed by atoms with E-state index in [1.54, 1.807) is 24.3 Å². The highest BCUT2D eigenvalue weighted by atomic mass is 16.2. The maximum absolute atomic E-state index is 12.2. The minimum Gasteiger partial charge on any atom is -0.353 e. The van der Waals surface area contributed by atoms with Crippen LogP contribution in [0.1, 0.15) is 78.5 Å². The Kier molecular flexibility index (Phi) is 5.84. The SMILES string of the molecule is O=C(CCCCCN1C(=O)c2ccccc2C1=O)NC1CCCCC1. The number of nitrogens with one attached hydrogen (secondary N) is 1. The van der Waals surface area contributed by atoms with Gasteiger partial charge >= 0.3 is 0 Å². The summed E-state index contributed by atoms with van der Waals surface area (Å²) in [5.41, 5.74) is 0.999. The quantitative estimate of drug-likeness (QED) is 0.611. The van der Waals surface area contributed by atoms with Crippen molar-refractivity contribution in [3.8, 4) is 0 Å². The molecule has 3 rings (SSSR count). The summed E-state index contributed by atoms with van der Waals surface area (Å²) in [5.74, 6) is -0.265. The van der Waals surface area contributed by atoms with Crippen LogP contribution in [0.3, 0.4) is 0 Å². The van der Waals surface area contributed by atoms with Crippen molar-refractivity contribution in [2.75, 3.05) is 6.54 Å². The summed E-state index contributed by atoms with van der Waals surface area (Å²) in [4.78, 5) is 37.8. The Balaban J connectivity index is 1.34. The number of carbonyl (C=O) groups excluding carboxylic acids is 3. The first kappa shape index (κ1) is 17.6. The van der Waals surface area contributed by atoms with Crippen molar-refractivity contribution in [3.05, 3.63) is 35.4 Å². The molecule has 0 aromatic heterocycles. The van der Waals surface area contributed by atoms with Gasteiger partial charge in [-0.15, -0.1) is 0 Å². The second-order valence-electron chi connectivity index (χ2n) is 7.02. The molecule has 5 nitrogen and oxygen atoms in total. The average molecular weight is 342 g/mol. The van der Waals surface area contributed by atoms with Crippen LogP contribution in [-0.4, -0.2) is 35.2 Å². The van der Waals surface area contributed by atoms with Crippen LogP contribution in [0, 0.1) is 0 Å². The van der Waals surface area contributed by atoms with E-state index in [1.165, 1.54) is 24.2 Å². The third-order valence-corrected chi connectivity index (χ3v) is 5.13. The molecule has 0 spiro atoms. The minimum atomic E-state index is -0.198. The van der Waals surface area contributed by atoms with Crippen LogP contribution in [0.4, 0.5) is 0 Å². The number of imide groups is 1. The Bertz CT molecular complexity index is 615. The fraction of sp³-hybridized carbons (Fsp3) is 0.550. The van der Waals surface area contributed by atoms with E-state index in [0.717, 1.165) is 32.1 Å². The third kappa shape index (κ3) is 4.27. The minimum absolute atomic E-state index is 0.132. The van der Waals surface area contributed by atoms with Gasteiger partial charge in [0.1, 0.15) is 0 Å². The van der Waals surface area contributed by atoms with Crippen molar-refractivity contribution in [2.45, 2.75) is 63.8 Å². The molecule has 0 unspecified atom stereocenters. The molecule has 1 heterocycles. The number of hydrogen-bond acceptors (Lipinski definition) is 3. The molecule has 1 aliphatic carbocycles. The number of fused-ring (bicyclic) bond motifs is 1. The molecule has 3 amide bonds. The van der Waals surface area contributed by atoms with Crippen LogP contribution in [-0.2, 0) is 4.79 Å². The Labute approximate surface area is 148 Å². The highest BCUT2D eigenvalue weighted by Gasteiger charge is 2.34. The molecular weight excluding hydrogens is 316 g/mol. The molecule has 1 fully saturated rings. The summed E-state index contributed by atoms with van der Waals surface area (Å²) in [6, 6.07) is 7.31. The maximum Gasteiger partial charge on any atom is 0.261 e. The van der Waals surface area contributed by atoms with Gasteiger partial charge in [-0.3, -0.25) is 19.3 Å². The molecule has 25 heavy (non-hydrogen) atoms. The highest BCUT2D eigenvalue weighted by molar-refractivity contribution is 6.21. The molecule has 0 saturated heterocycles. The van der Waals surface area contributed by atoms with Crippen LogP contribution in [0.25, 0.3) is 0 Å². The van der Waals surface area contributed by atoms with Gasteiger partial charge in [-0.1, -0.05) is 37.8 Å². The Hall–Kier alpha value is -2.17. The van der Waals surface area contributed by atoms with E-state index in [1.807, 2.05) is 0 Å². The zero-order valence-corrected chi connectivity index (χ0v) is 14.6. The number of amides is 3. The summed E-state index contributed by atoms with van der Waals surface area (Å²) in [6.07, 6.45) is 8.81. The summed E-state index contributed by atoms with van der Waals surface area (Å²) < 4.78 is 0. The van der Waals surface area contributed by atoms with Crippen LogP contribution in [0.5, 0.6) is 0 Å². The van der Waals surface area contributed by atoms with E-state index in [9.17, 15) is 14.4 Å².